The molecule has 2 rings (SSSR count). The molecular weight excluding hydrogens is 370 g/mol. The zero-order valence-electron chi connectivity index (χ0n) is 15.9. The summed E-state index contributed by atoms with van der Waals surface area (Å²) in [4.78, 5) is 25.7. The predicted octanol–water partition coefficient (Wildman–Crippen LogP) is 3.16. The Labute approximate surface area is 162 Å². The van der Waals surface area contributed by atoms with Crippen LogP contribution in [0, 0.1) is 11.6 Å². The Hall–Kier alpha value is -3.16. The van der Waals surface area contributed by atoms with Crippen LogP contribution in [0.2, 0.25) is 0 Å². The monoisotopic (exact) mass is 392 g/mol. The van der Waals surface area contributed by atoms with Crippen molar-refractivity contribution in [1.82, 2.24) is 5.32 Å². The summed E-state index contributed by atoms with van der Waals surface area (Å²) in [6.07, 6.45) is 0.544. The summed E-state index contributed by atoms with van der Waals surface area (Å²) < 4.78 is 36.8. The first-order valence-electron chi connectivity index (χ1n) is 8.59. The summed E-state index contributed by atoms with van der Waals surface area (Å²) in [5.41, 5.74) is 0.398. The number of rotatable bonds is 8. The number of methoxy groups -OCH3 is 2. The molecule has 28 heavy (non-hydrogen) atoms. The molecular formula is C20H22F2N2O4. The Morgan fingerprint density at radius 2 is 1.75 bits per heavy atom. The van der Waals surface area contributed by atoms with Gasteiger partial charge in [0, 0.05) is 37.8 Å². The molecule has 2 aromatic carbocycles. The van der Waals surface area contributed by atoms with Gasteiger partial charge in [-0.15, -0.1) is 0 Å². The molecule has 0 saturated carbocycles. The minimum Gasteiger partial charge on any atom is -0.493 e. The Morgan fingerprint density at radius 1 is 1.04 bits per heavy atom. The van der Waals surface area contributed by atoms with Gasteiger partial charge in [-0.05, 0) is 30.7 Å². The highest BCUT2D eigenvalue weighted by molar-refractivity contribution is 5.95. The number of nitrogens with zero attached hydrogens (tertiary/aromatic N) is 1. The summed E-state index contributed by atoms with van der Waals surface area (Å²) >= 11 is 0. The highest BCUT2D eigenvalue weighted by Crippen LogP contribution is 2.31. The normalized spacial score (nSPS) is 10.3. The van der Waals surface area contributed by atoms with Gasteiger partial charge in [-0.3, -0.25) is 9.59 Å². The van der Waals surface area contributed by atoms with Gasteiger partial charge in [-0.25, -0.2) is 8.78 Å². The van der Waals surface area contributed by atoms with Crippen LogP contribution in [0.1, 0.15) is 23.2 Å². The van der Waals surface area contributed by atoms with Crippen LogP contribution in [0.4, 0.5) is 14.5 Å². The number of carbonyl (C=O) groups is 2. The third kappa shape index (κ3) is 5.18. The third-order valence-electron chi connectivity index (χ3n) is 4.16. The maximum atomic E-state index is 13.6. The molecule has 0 aliphatic carbocycles. The topological polar surface area (TPSA) is 67.9 Å². The molecule has 1 N–H and O–H groups in total. The van der Waals surface area contributed by atoms with Crippen LogP contribution in [0.5, 0.6) is 11.5 Å². The van der Waals surface area contributed by atoms with Crippen LogP contribution < -0.4 is 19.7 Å². The first-order valence-corrected chi connectivity index (χ1v) is 8.59. The van der Waals surface area contributed by atoms with Gasteiger partial charge in [0.15, 0.2) is 11.5 Å². The van der Waals surface area contributed by atoms with E-state index >= 15 is 0 Å². The van der Waals surface area contributed by atoms with E-state index in [9.17, 15) is 18.4 Å². The maximum Gasteiger partial charge on any atom is 0.254 e. The number of hydrogen-bond donors (Lipinski definition) is 1. The van der Waals surface area contributed by atoms with E-state index in [2.05, 4.69) is 5.32 Å². The highest BCUT2D eigenvalue weighted by Gasteiger charge is 2.15. The third-order valence-corrected chi connectivity index (χ3v) is 4.16. The average Bonchev–Trinajstić information content (AvgIpc) is 2.69. The van der Waals surface area contributed by atoms with Crippen molar-refractivity contribution < 1.29 is 27.8 Å². The summed E-state index contributed by atoms with van der Waals surface area (Å²) in [6.45, 7) is 0.182. The molecule has 0 radical (unpaired) electrons. The molecule has 150 valence electrons. The fourth-order valence-electron chi connectivity index (χ4n) is 2.56. The Bertz CT molecular complexity index is 858. The second-order valence-corrected chi connectivity index (χ2v) is 5.98. The summed E-state index contributed by atoms with van der Waals surface area (Å²) in [7, 11) is 4.67. The molecule has 0 bridgehead atoms. The second kappa shape index (κ2) is 9.68. The first-order chi connectivity index (χ1) is 13.4. The van der Waals surface area contributed by atoms with Gasteiger partial charge >= 0.3 is 0 Å². The van der Waals surface area contributed by atoms with Gasteiger partial charge in [0.2, 0.25) is 5.91 Å². The lowest BCUT2D eigenvalue weighted by Crippen LogP contribution is -2.29. The number of carbonyl (C=O) groups excluding carboxylic acids is 2. The standard InChI is InChI=1S/C20H22F2N2O4/c1-24(14-7-9-17(27-2)18(12-14)28-3)19(25)5-4-10-23-20(26)15-8-6-13(21)11-16(15)22/h6-9,11-12H,4-5,10H2,1-3H3,(H,23,26). The predicted molar refractivity (Wildman–Crippen MR) is 101 cm³/mol. The van der Waals surface area contributed by atoms with Crippen LogP contribution in [-0.4, -0.2) is 39.6 Å². The lowest BCUT2D eigenvalue weighted by molar-refractivity contribution is -0.118. The molecule has 0 aliphatic heterocycles. The van der Waals surface area contributed by atoms with E-state index in [1.807, 2.05) is 0 Å². The van der Waals surface area contributed by atoms with Gasteiger partial charge < -0.3 is 19.7 Å². The number of anilines is 1. The maximum absolute atomic E-state index is 13.6. The van der Waals surface area contributed by atoms with Crippen LogP contribution in [0.25, 0.3) is 0 Å². The number of hydrogen-bond acceptors (Lipinski definition) is 4. The Balaban J connectivity index is 1.85. The summed E-state index contributed by atoms with van der Waals surface area (Å²) in [5, 5.41) is 2.52. The molecule has 0 spiro atoms. The summed E-state index contributed by atoms with van der Waals surface area (Å²) in [6, 6.07) is 7.87. The molecule has 6 nitrogen and oxygen atoms in total. The van der Waals surface area contributed by atoms with Gasteiger partial charge in [0.05, 0.1) is 19.8 Å². The molecule has 0 fully saturated rings. The van der Waals surface area contributed by atoms with Gasteiger partial charge in [-0.1, -0.05) is 0 Å². The fraction of sp³-hybridized carbons (Fsp3) is 0.300. The molecule has 0 aliphatic rings. The highest BCUT2D eigenvalue weighted by atomic mass is 19.1. The molecule has 0 unspecified atom stereocenters. The lowest BCUT2D eigenvalue weighted by atomic mass is 10.2. The second-order valence-electron chi connectivity index (χ2n) is 5.98. The minimum absolute atomic E-state index is 0.158. The average molecular weight is 392 g/mol. The minimum atomic E-state index is -0.929. The number of benzene rings is 2. The van der Waals surface area contributed by atoms with E-state index in [1.165, 1.54) is 19.1 Å². The van der Waals surface area contributed by atoms with Crippen molar-refractivity contribution in [3.8, 4) is 11.5 Å². The molecule has 0 heterocycles. The van der Waals surface area contributed by atoms with Crippen LogP contribution in [0.3, 0.4) is 0 Å². The first kappa shape index (κ1) is 21.1. The number of amides is 2. The van der Waals surface area contributed by atoms with Crippen molar-refractivity contribution in [2.75, 3.05) is 32.7 Å². The quantitative estimate of drug-likeness (QED) is 0.701. The van der Waals surface area contributed by atoms with E-state index in [0.717, 1.165) is 12.1 Å². The van der Waals surface area contributed by atoms with Crippen molar-refractivity contribution in [2.24, 2.45) is 0 Å². The Morgan fingerprint density at radius 3 is 2.39 bits per heavy atom. The van der Waals surface area contributed by atoms with Crippen molar-refractivity contribution in [2.45, 2.75) is 12.8 Å². The van der Waals surface area contributed by atoms with E-state index < -0.39 is 17.5 Å². The summed E-state index contributed by atoms with van der Waals surface area (Å²) in [5.74, 6) is -1.43. The largest absolute Gasteiger partial charge is 0.493 e. The van der Waals surface area contributed by atoms with Gasteiger partial charge in [0.25, 0.3) is 5.91 Å². The Kier molecular flexibility index (Phi) is 7.31. The fourth-order valence-corrected chi connectivity index (χ4v) is 2.56. The van der Waals surface area contributed by atoms with Crippen LogP contribution in [-0.2, 0) is 4.79 Å². The SMILES string of the molecule is COc1ccc(N(C)C(=O)CCCNC(=O)c2ccc(F)cc2F)cc1OC. The van der Waals surface area contributed by atoms with Crippen molar-refractivity contribution >= 4 is 17.5 Å². The zero-order valence-corrected chi connectivity index (χ0v) is 15.9. The molecule has 0 aromatic heterocycles. The molecule has 0 atom stereocenters. The van der Waals surface area contributed by atoms with Crippen molar-refractivity contribution in [1.29, 1.82) is 0 Å². The van der Waals surface area contributed by atoms with E-state index in [1.54, 1.807) is 25.2 Å². The van der Waals surface area contributed by atoms with E-state index in [0.29, 0.717) is 29.7 Å². The number of nitrogens with one attached hydrogen (secondary N) is 1. The van der Waals surface area contributed by atoms with Gasteiger partial charge in [0.1, 0.15) is 11.6 Å². The van der Waals surface area contributed by atoms with Crippen molar-refractivity contribution in [3.05, 3.63) is 53.6 Å². The smallest absolute Gasteiger partial charge is 0.254 e. The zero-order chi connectivity index (χ0) is 20.7. The molecule has 2 amide bonds. The van der Waals surface area contributed by atoms with E-state index in [4.69, 9.17) is 9.47 Å². The van der Waals surface area contributed by atoms with Gasteiger partial charge in [-0.2, -0.15) is 0 Å². The van der Waals surface area contributed by atoms with Crippen molar-refractivity contribution in [3.63, 3.8) is 0 Å². The molecule has 0 saturated heterocycles. The molecule has 8 heteroatoms. The van der Waals surface area contributed by atoms with Crippen LogP contribution >= 0.6 is 0 Å². The lowest BCUT2D eigenvalue weighted by Gasteiger charge is -2.19. The number of halogens is 2. The van der Waals surface area contributed by atoms with Crippen LogP contribution in [0.15, 0.2) is 36.4 Å². The number of ether oxygens (including phenoxy) is 2. The molecule has 2 aromatic rings. The van der Waals surface area contributed by atoms with E-state index in [-0.39, 0.29) is 24.4 Å².